The number of benzene rings is 2. The van der Waals surface area contributed by atoms with Crippen molar-refractivity contribution in [1.29, 1.82) is 0 Å². The first kappa shape index (κ1) is 13.5. The van der Waals surface area contributed by atoms with Crippen LogP contribution in [0.15, 0.2) is 57.7 Å². The maximum atomic E-state index is 12.0. The molecule has 3 rings (SSSR count). The summed E-state index contributed by atoms with van der Waals surface area (Å²) in [6.07, 6.45) is 0. The number of hydrogen-bond acceptors (Lipinski definition) is 4. The Hall–Kier alpha value is -2.53. The fourth-order valence-corrected chi connectivity index (χ4v) is 2.45. The molecule has 108 valence electrons. The van der Waals surface area contributed by atoms with Crippen LogP contribution in [0.4, 0.5) is 0 Å². The lowest BCUT2D eigenvalue weighted by Crippen LogP contribution is -2.24. The molecule has 5 nitrogen and oxygen atoms in total. The van der Waals surface area contributed by atoms with E-state index in [1.807, 2.05) is 42.5 Å². The Labute approximate surface area is 121 Å². The Bertz CT molecular complexity index is 820. The van der Waals surface area contributed by atoms with Crippen LogP contribution in [0.25, 0.3) is 11.1 Å². The Morgan fingerprint density at radius 2 is 1.90 bits per heavy atom. The Morgan fingerprint density at radius 3 is 2.71 bits per heavy atom. The van der Waals surface area contributed by atoms with Gasteiger partial charge in [0.25, 0.3) is 0 Å². The highest BCUT2D eigenvalue weighted by Gasteiger charge is 2.16. The van der Waals surface area contributed by atoms with E-state index in [2.05, 4.69) is 0 Å². The summed E-state index contributed by atoms with van der Waals surface area (Å²) in [5.41, 5.74) is 8.41. The lowest BCUT2D eigenvalue weighted by Gasteiger charge is -2.15. The van der Waals surface area contributed by atoms with Crippen LogP contribution in [0.2, 0.25) is 0 Å². The second-order valence-corrected chi connectivity index (χ2v) is 4.79. The van der Waals surface area contributed by atoms with Crippen LogP contribution in [0.1, 0.15) is 11.6 Å². The van der Waals surface area contributed by atoms with Crippen molar-refractivity contribution >= 4 is 11.1 Å². The molecule has 0 saturated carbocycles. The second-order valence-electron chi connectivity index (χ2n) is 4.79. The van der Waals surface area contributed by atoms with Crippen molar-refractivity contribution in [2.45, 2.75) is 12.6 Å². The van der Waals surface area contributed by atoms with Crippen molar-refractivity contribution in [2.24, 2.45) is 5.73 Å². The highest BCUT2D eigenvalue weighted by Crippen LogP contribution is 2.25. The van der Waals surface area contributed by atoms with E-state index >= 15 is 0 Å². The summed E-state index contributed by atoms with van der Waals surface area (Å²) >= 11 is 0. The summed E-state index contributed by atoms with van der Waals surface area (Å²) < 4.78 is 12.1. The molecule has 0 aliphatic heterocycles. The molecular weight excluding hydrogens is 268 g/mol. The summed E-state index contributed by atoms with van der Waals surface area (Å²) in [4.78, 5) is 12.0. The predicted molar refractivity (Wildman–Crippen MR) is 80.4 cm³/mol. The number of nitrogens with two attached hydrogens (primary N) is 1. The summed E-state index contributed by atoms with van der Waals surface area (Å²) in [6, 6.07) is 14.5. The van der Waals surface area contributed by atoms with Crippen molar-refractivity contribution in [3.05, 3.63) is 64.6 Å². The van der Waals surface area contributed by atoms with E-state index in [4.69, 9.17) is 14.9 Å². The van der Waals surface area contributed by atoms with Gasteiger partial charge in [0.15, 0.2) is 5.58 Å². The molecule has 0 radical (unpaired) electrons. The molecule has 1 unspecified atom stereocenters. The van der Waals surface area contributed by atoms with Gasteiger partial charge in [-0.2, -0.15) is 0 Å². The largest absolute Gasteiger partial charge is 0.496 e. The smallest absolute Gasteiger partial charge is 0.420 e. The van der Waals surface area contributed by atoms with Crippen molar-refractivity contribution in [3.8, 4) is 5.75 Å². The van der Waals surface area contributed by atoms with Crippen molar-refractivity contribution in [2.75, 3.05) is 7.11 Å². The second kappa shape index (κ2) is 5.46. The minimum Gasteiger partial charge on any atom is -0.496 e. The predicted octanol–water partition coefficient (Wildman–Crippen LogP) is 2.30. The van der Waals surface area contributed by atoms with Gasteiger partial charge in [0.05, 0.1) is 18.7 Å². The van der Waals surface area contributed by atoms with Crippen LogP contribution in [0.3, 0.4) is 0 Å². The number of rotatable bonds is 4. The quantitative estimate of drug-likeness (QED) is 0.798. The van der Waals surface area contributed by atoms with E-state index in [0.717, 1.165) is 11.1 Å². The Kier molecular flexibility index (Phi) is 3.50. The zero-order valence-corrected chi connectivity index (χ0v) is 11.7. The van der Waals surface area contributed by atoms with Crippen LogP contribution >= 0.6 is 0 Å². The normalized spacial score (nSPS) is 12.5. The molecular formula is C16H16N2O3. The maximum Gasteiger partial charge on any atom is 0.420 e. The van der Waals surface area contributed by atoms with E-state index in [9.17, 15) is 4.79 Å². The lowest BCUT2D eigenvalue weighted by molar-refractivity contribution is 0.400. The third-order valence-electron chi connectivity index (χ3n) is 3.49. The molecule has 1 aromatic heterocycles. The first-order valence-corrected chi connectivity index (χ1v) is 6.67. The van der Waals surface area contributed by atoms with Gasteiger partial charge in [-0.25, -0.2) is 4.79 Å². The standard InChI is InChI=1S/C16H16N2O3/c1-20-14-8-4-2-6-11(14)12(17)10-18-13-7-3-5-9-15(13)21-16(18)19/h2-9,12H,10,17H2,1H3. The van der Waals surface area contributed by atoms with Gasteiger partial charge in [-0.05, 0) is 18.2 Å². The summed E-state index contributed by atoms with van der Waals surface area (Å²) in [7, 11) is 1.60. The van der Waals surface area contributed by atoms with E-state index in [0.29, 0.717) is 17.9 Å². The van der Waals surface area contributed by atoms with Gasteiger partial charge in [-0.15, -0.1) is 0 Å². The number of para-hydroxylation sites is 3. The summed E-state index contributed by atoms with van der Waals surface area (Å²) in [6.45, 7) is 0.330. The van der Waals surface area contributed by atoms with Gasteiger partial charge < -0.3 is 14.9 Å². The van der Waals surface area contributed by atoms with E-state index in [1.54, 1.807) is 17.7 Å². The van der Waals surface area contributed by atoms with Gasteiger partial charge in [-0.3, -0.25) is 4.57 Å². The molecule has 0 amide bonds. The SMILES string of the molecule is COc1ccccc1C(N)Cn1c(=O)oc2ccccc21. The van der Waals surface area contributed by atoms with E-state index in [-0.39, 0.29) is 6.04 Å². The van der Waals surface area contributed by atoms with E-state index < -0.39 is 5.76 Å². The zero-order chi connectivity index (χ0) is 14.8. The number of hydrogen-bond donors (Lipinski definition) is 1. The Morgan fingerprint density at radius 1 is 1.19 bits per heavy atom. The molecule has 2 N–H and O–H groups in total. The zero-order valence-electron chi connectivity index (χ0n) is 11.7. The van der Waals surface area contributed by atoms with Crippen LogP contribution in [-0.2, 0) is 6.54 Å². The van der Waals surface area contributed by atoms with Crippen molar-refractivity contribution in [1.82, 2.24) is 4.57 Å². The summed E-state index contributed by atoms with van der Waals surface area (Å²) in [5, 5.41) is 0. The fourth-order valence-electron chi connectivity index (χ4n) is 2.45. The maximum absolute atomic E-state index is 12.0. The number of fused-ring (bicyclic) bond motifs is 1. The number of methoxy groups -OCH3 is 1. The molecule has 1 atom stereocenters. The minimum atomic E-state index is -0.401. The van der Waals surface area contributed by atoms with Crippen LogP contribution in [-0.4, -0.2) is 11.7 Å². The van der Waals surface area contributed by atoms with Gasteiger partial charge in [0, 0.05) is 12.1 Å². The van der Waals surface area contributed by atoms with E-state index in [1.165, 1.54) is 0 Å². The monoisotopic (exact) mass is 284 g/mol. The van der Waals surface area contributed by atoms with Gasteiger partial charge in [0.1, 0.15) is 5.75 Å². The minimum absolute atomic E-state index is 0.330. The van der Waals surface area contributed by atoms with Gasteiger partial charge in [0.2, 0.25) is 0 Å². The third-order valence-corrected chi connectivity index (χ3v) is 3.49. The average Bonchev–Trinajstić information content (AvgIpc) is 2.83. The molecule has 0 fully saturated rings. The van der Waals surface area contributed by atoms with Crippen LogP contribution < -0.4 is 16.2 Å². The number of ether oxygens (including phenoxy) is 1. The first-order valence-electron chi connectivity index (χ1n) is 6.67. The number of oxazole rings is 1. The lowest BCUT2D eigenvalue weighted by atomic mass is 10.1. The molecule has 3 aromatic rings. The molecule has 0 aliphatic rings. The van der Waals surface area contributed by atoms with Gasteiger partial charge >= 0.3 is 5.76 Å². The molecule has 5 heteroatoms. The van der Waals surface area contributed by atoms with Crippen LogP contribution in [0, 0.1) is 0 Å². The molecule has 2 aromatic carbocycles. The fraction of sp³-hybridized carbons (Fsp3) is 0.188. The van der Waals surface area contributed by atoms with Gasteiger partial charge in [-0.1, -0.05) is 30.3 Å². The first-order chi connectivity index (χ1) is 10.2. The molecule has 0 spiro atoms. The van der Waals surface area contributed by atoms with Crippen molar-refractivity contribution < 1.29 is 9.15 Å². The average molecular weight is 284 g/mol. The molecule has 21 heavy (non-hydrogen) atoms. The molecule has 0 saturated heterocycles. The third kappa shape index (κ3) is 2.43. The Balaban J connectivity index is 1.98. The van der Waals surface area contributed by atoms with Crippen LogP contribution in [0.5, 0.6) is 5.75 Å². The molecule has 0 aliphatic carbocycles. The van der Waals surface area contributed by atoms with Crippen molar-refractivity contribution in [3.63, 3.8) is 0 Å². The number of nitrogens with zero attached hydrogens (tertiary/aromatic N) is 1. The highest BCUT2D eigenvalue weighted by atomic mass is 16.5. The number of aromatic nitrogens is 1. The highest BCUT2D eigenvalue weighted by molar-refractivity contribution is 5.72. The molecule has 0 bridgehead atoms. The summed E-state index contributed by atoms with van der Waals surface area (Å²) in [5.74, 6) is 0.312. The molecule has 1 heterocycles. The topological polar surface area (TPSA) is 70.4 Å².